The van der Waals surface area contributed by atoms with Crippen molar-refractivity contribution < 1.29 is 13.2 Å². The van der Waals surface area contributed by atoms with Crippen LogP contribution in [0.25, 0.3) is 5.69 Å². The molecule has 0 spiro atoms. The van der Waals surface area contributed by atoms with Crippen molar-refractivity contribution in [3.63, 3.8) is 0 Å². The van der Waals surface area contributed by atoms with Crippen molar-refractivity contribution in [2.75, 3.05) is 5.73 Å². The molecular weight excluding hydrogens is 245 g/mol. The molecule has 0 atom stereocenters. The minimum Gasteiger partial charge on any atom is -0.396 e. The van der Waals surface area contributed by atoms with Crippen LogP contribution >= 0.6 is 0 Å². The Morgan fingerprint density at radius 3 is 2.56 bits per heavy atom. The highest BCUT2D eigenvalue weighted by Crippen LogP contribution is 2.35. The summed E-state index contributed by atoms with van der Waals surface area (Å²) in [5.74, 6) is 0. The second-order valence-electron chi connectivity index (χ2n) is 3.49. The number of nitrogens with two attached hydrogens (primary N) is 1. The summed E-state index contributed by atoms with van der Waals surface area (Å²) in [5, 5.41) is 12.5. The number of nitriles is 1. The number of anilines is 1. The van der Waals surface area contributed by atoms with Gasteiger partial charge in [-0.2, -0.15) is 23.5 Å². The molecule has 0 radical (unpaired) electrons. The van der Waals surface area contributed by atoms with E-state index >= 15 is 0 Å². The quantitative estimate of drug-likeness (QED) is 0.847. The third-order valence-corrected chi connectivity index (χ3v) is 2.32. The van der Waals surface area contributed by atoms with Crippen LogP contribution in [0, 0.1) is 11.3 Å². The molecule has 0 aliphatic heterocycles. The van der Waals surface area contributed by atoms with E-state index in [1.807, 2.05) is 6.07 Å². The lowest BCUT2D eigenvalue weighted by Gasteiger charge is -2.12. The molecule has 0 bridgehead atoms. The van der Waals surface area contributed by atoms with Gasteiger partial charge in [-0.25, -0.2) is 4.68 Å². The topological polar surface area (TPSA) is 67.6 Å². The van der Waals surface area contributed by atoms with Crippen LogP contribution in [0.1, 0.15) is 11.3 Å². The zero-order valence-electron chi connectivity index (χ0n) is 8.94. The van der Waals surface area contributed by atoms with Crippen molar-refractivity contribution in [2.24, 2.45) is 0 Å². The van der Waals surface area contributed by atoms with E-state index in [0.717, 1.165) is 6.20 Å². The van der Waals surface area contributed by atoms with Gasteiger partial charge >= 0.3 is 6.18 Å². The third kappa shape index (κ3) is 1.88. The zero-order valence-corrected chi connectivity index (χ0v) is 8.94. The van der Waals surface area contributed by atoms with Gasteiger partial charge in [-0.3, -0.25) is 0 Å². The Kier molecular flexibility index (Phi) is 2.71. The molecule has 1 aromatic carbocycles. The number of nitrogen functional groups attached to an aromatic ring is 1. The van der Waals surface area contributed by atoms with Gasteiger partial charge in [0, 0.05) is 0 Å². The molecule has 2 N–H and O–H groups in total. The van der Waals surface area contributed by atoms with E-state index in [1.165, 1.54) is 18.2 Å². The summed E-state index contributed by atoms with van der Waals surface area (Å²) in [6.45, 7) is 0. The Labute approximate surface area is 100 Å². The Morgan fingerprint density at radius 1 is 1.28 bits per heavy atom. The number of benzene rings is 1. The van der Waals surface area contributed by atoms with Crippen LogP contribution in [-0.2, 0) is 6.18 Å². The summed E-state index contributed by atoms with van der Waals surface area (Å²) in [6.07, 6.45) is -3.72. The molecule has 1 heterocycles. The van der Waals surface area contributed by atoms with Gasteiger partial charge in [0.2, 0.25) is 0 Å². The normalized spacial score (nSPS) is 11.2. The average Bonchev–Trinajstić information content (AvgIpc) is 2.70. The maximum atomic E-state index is 12.8. The molecule has 0 aliphatic carbocycles. The lowest BCUT2D eigenvalue weighted by Crippen LogP contribution is -2.15. The first-order chi connectivity index (χ1) is 8.45. The van der Waals surface area contributed by atoms with Crippen LogP contribution < -0.4 is 5.73 Å². The van der Waals surface area contributed by atoms with E-state index < -0.39 is 17.6 Å². The molecule has 0 amide bonds. The Hall–Kier alpha value is -2.49. The van der Waals surface area contributed by atoms with Crippen LogP contribution in [0.15, 0.2) is 30.5 Å². The number of rotatable bonds is 1. The SMILES string of the molecule is N#Cc1ccccc1-n1ncc(N)c1C(F)(F)F. The zero-order chi connectivity index (χ0) is 13.3. The van der Waals surface area contributed by atoms with Crippen molar-refractivity contribution in [3.8, 4) is 11.8 Å². The molecule has 4 nitrogen and oxygen atoms in total. The fourth-order valence-corrected chi connectivity index (χ4v) is 1.58. The van der Waals surface area contributed by atoms with Gasteiger partial charge in [0.25, 0.3) is 0 Å². The van der Waals surface area contributed by atoms with Gasteiger partial charge < -0.3 is 5.73 Å². The third-order valence-electron chi connectivity index (χ3n) is 2.32. The van der Waals surface area contributed by atoms with Crippen LogP contribution in [-0.4, -0.2) is 9.78 Å². The van der Waals surface area contributed by atoms with E-state index in [2.05, 4.69) is 5.10 Å². The highest BCUT2D eigenvalue weighted by atomic mass is 19.4. The minimum absolute atomic E-state index is 0.0454. The van der Waals surface area contributed by atoms with Crippen LogP contribution in [0.2, 0.25) is 0 Å². The summed E-state index contributed by atoms with van der Waals surface area (Å²) in [4.78, 5) is 0. The number of para-hydroxylation sites is 1. The van der Waals surface area contributed by atoms with Crippen molar-refractivity contribution in [3.05, 3.63) is 41.7 Å². The molecule has 7 heteroatoms. The van der Waals surface area contributed by atoms with Gasteiger partial charge in [0.05, 0.1) is 23.1 Å². The van der Waals surface area contributed by atoms with Crippen LogP contribution in [0.4, 0.5) is 18.9 Å². The second kappa shape index (κ2) is 4.07. The molecule has 0 saturated carbocycles. The van der Waals surface area contributed by atoms with Crippen molar-refractivity contribution >= 4 is 5.69 Å². The molecule has 0 fully saturated rings. The average molecular weight is 252 g/mol. The first kappa shape index (κ1) is 12.0. The predicted octanol–water partition coefficient (Wildman–Crippen LogP) is 2.34. The van der Waals surface area contributed by atoms with E-state index in [1.54, 1.807) is 6.07 Å². The Balaban J connectivity index is 2.70. The molecule has 2 rings (SSSR count). The lowest BCUT2D eigenvalue weighted by molar-refractivity contribution is -0.142. The maximum Gasteiger partial charge on any atom is 0.435 e. The van der Waals surface area contributed by atoms with Gasteiger partial charge in [-0.05, 0) is 12.1 Å². The molecule has 92 valence electrons. The summed E-state index contributed by atoms with van der Waals surface area (Å²) in [7, 11) is 0. The van der Waals surface area contributed by atoms with Crippen molar-refractivity contribution in [2.45, 2.75) is 6.18 Å². The first-order valence-electron chi connectivity index (χ1n) is 4.85. The molecular formula is C11H7F3N4. The monoisotopic (exact) mass is 252 g/mol. The van der Waals surface area contributed by atoms with Crippen molar-refractivity contribution in [1.29, 1.82) is 5.26 Å². The number of hydrogen-bond acceptors (Lipinski definition) is 3. The first-order valence-corrected chi connectivity index (χ1v) is 4.85. The molecule has 18 heavy (non-hydrogen) atoms. The van der Waals surface area contributed by atoms with E-state index in [-0.39, 0.29) is 11.3 Å². The molecule has 1 aromatic heterocycles. The van der Waals surface area contributed by atoms with Gasteiger partial charge in [0.15, 0.2) is 5.69 Å². The Bertz CT molecular complexity index is 622. The number of alkyl halides is 3. The fourth-order valence-electron chi connectivity index (χ4n) is 1.58. The van der Waals surface area contributed by atoms with Gasteiger partial charge in [-0.15, -0.1) is 0 Å². The minimum atomic E-state index is -4.64. The van der Waals surface area contributed by atoms with E-state index in [0.29, 0.717) is 4.68 Å². The predicted molar refractivity (Wildman–Crippen MR) is 57.7 cm³/mol. The largest absolute Gasteiger partial charge is 0.435 e. The molecule has 0 aliphatic rings. The highest BCUT2D eigenvalue weighted by Gasteiger charge is 2.38. The molecule has 0 saturated heterocycles. The van der Waals surface area contributed by atoms with Gasteiger partial charge in [-0.1, -0.05) is 12.1 Å². The molecule has 2 aromatic rings. The van der Waals surface area contributed by atoms with Crippen LogP contribution in [0.5, 0.6) is 0 Å². The number of halogens is 3. The van der Waals surface area contributed by atoms with Crippen LogP contribution in [0.3, 0.4) is 0 Å². The summed E-state index contributed by atoms with van der Waals surface area (Å²) in [5.41, 5.74) is 3.85. The smallest absolute Gasteiger partial charge is 0.396 e. The second-order valence-corrected chi connectivity index (χ2v) is 3.49. The van der Waals surface area contributed by atoms with Gasteiger partial charge in [0.1, 0.15) is 6.07 Å². The molecule has 0 unspecified atom stereocenters. The summed E-state index contributed by atoms with van der Waals surface area (Å²) >= 11 is 0. The van der Waals surface area contributed by atoms with Crippen molar-refractivity contribution in [1.82, 2.24) is 9.78 Å². The Morgan fingerprint density at radius 2 is 1.94 bits per heavy atom. The van der Waals surface area contributed by atoms with E-state index in [9.17, 15) is 13.2 Å². The number of hydrogen-bond donors (Lipinski definition) is 1. The maximum absolute atomic E-state index is 12.8. The number of nitrogens with zero attached hydrogens (tertiary/aromatic N) is 3. The lowest BCUT2D eigenvalue weighted by atomic mass is 10.2. The fraction of sp³-hybridized carbons (Fsp3) is 0.0909. The standard InChI is InChI=1S/C11H7F3N4/c12-11(13,14)10-8(16)6-17-18(10)9-4-2-1-3-7(9)5-15/h1-4,6H,16H2. The number of aromatic nitrogens is 2. The summed E-state index contributed by atoms with van der Waals surface area (Å²) < 4.78 is 39.2. The summed E-state index contributed by atoms with van der Waals surface area (Å²) in [6, 6.07) is 7.68. The highest BCUT2D eigenvalue weighted by molar-refractivity contribution is 5.53. The van der Waals surface area contributed by atoms with E-state index in [4.69, 9.17) is 11.0 Å².